The Morgan fingerprint density at radius 1 is 1.23 bits per heavy atom. The van der Waals surface area contributed by atoms with Gasteiger partial charge in [0.1, 0.15) is 15.4 Å². The van der Waals surface area contributed by atoms with E-state index in [1.807, 2.05) is 47.7 Å². The summed E-state index contributed by atoms with van der Waals surface area (Å²) in [5.74, 6) is 0.668. The second-order valence-electron chi connectivity index (χ2n) is 12.2. The third kappa shape index (κ3) is 6.25. The number of thiophene rings is 1. The summed E-state index contributed by atoms with van der Waals surface area (Å²) in [6, 6.07) is 2.10. The van der Waals surface area contributed by atoms with Gasteiger partial charge in [0.2, 0.25) is 5.95 Å². The Morgan fingerprint density at radius 2 is 2.00 bits per heavy atom. The van der Waals surface area contributed by atoms with Crippen LogP contribution in [0.25, 0.3) is 10.2 Å². The predicted molar refractivity (Wildman–Crippen MR) is 160 cm³/mol. The molecule has 5 rings (SSSR count). The normalized spacial score (nSPS) is 21.1. The van der Waals surface area contributed by atoms with Crippen LogP contribution in [-0.4, -0.2) is 64.0 Å². The van der Waals surface area contributed by atoms with E-state index in [2.05, 4.69) is 33.5 Å². The summed E-state index contributed by atoms with van der Waals surface area (Å²) < 4.78 is 11.6. The van der Waals surface area contributed by atoms with Crippen LogP contribution in [0.15, 0.2) is 12.3 Å². The monoisotopic (exact) mass is 567 g/mol. The van der Waals surface area contributed by atoms with Gasteiger partial charge in [0.25, 0.3) is 0 Å². The van der Waals surface area contributed by atoms with Crippen LogP contribution in [0.3, 0.4) is 0 Å². The summed E-state index contributed by atoms with van der Waals surface area (Å²) in [6.45, 7) is 14.8. The van der Waals surface area contributed by atoms with Crippen molar-refractivity contribution in [3.05, 3.63) is 34.8 Å². The zero-order chi connectivity index (χ0) is 28.8. The Labute approximate surface area is 240 Å². The van der Waals surface area contributed by atoms with Gasteiger partial charge in [-0.15, -0.1) is 0 Å². The summed E-state index contributed by atoms with van der Waals surface area (Å²) in [4.78, 5) is 29.9. The number of alkyl carbamates (subject to hydrolysis) is 1. The number of hydrogen-bond acceptors (Lipinski definition) is 10. The maximum absolute atomic E-state index is 12.5. The first-order valence-corrected chi connectivity index (χ1v) is 14.9. The molecule has 11 heteroatoms. The van der Waals surface area contributed by atoms with Crippen LogP contribution in [0, 0.1) is 13.8 Å². The number of nitrogens with two attached hydrogens (primary N) is 1. The molecule has 0 bridgehead atoms. The molecule has 1 aliphatic heterocycles. The summed E-state index contributed by atoms with van der Waals surface area (Å²) in [5.41, 5.74) is 11.1. The molecule has 2 aliphatic rings. The zero-order valence-corrected chi connectivity index (χ0v) is 25.3. The highest BCUT2D eigenvalue weighted by atomic mass is 32.1. The molecule has 3 atom stereocenters. The first-order valence-electron chi connectivity index (χ1n) is 14.0. The van der Waals surface area contributed by atoms with Crippen molar-refractivity contribution < 1.29 is 14.3 Å². The van der Waals surface area contributed by atoms with Crippen molar-refractivity contribution >= 4 is 44.3 Å². The molecule has 0 saturated carbocycles. The number of aromatic nitrogens is 3. The van der Waals surface area contributed by atoms with Crippen molar-refractivity contribution in [1.82, 2.24) is 20.3 Å². The Balaban J connectivity index is 1.27. The SMILES string of the molecule is Cc1cc(C)c2c(N)c(N[C@@H]3CCc4nc(N5C[C@H](NC(=O)OC(C)(C)C)[C@@H](OC(C)C)C5)ncc4C3)sc2n1. The van der Waals surface area contributed by atoms with Gasteiger partial charge in [0.05, 0.1) is 23.9 Å². The predicted octanol–water partition coefficient (Wildman–Crippen LogP) is 4.76. The fourth-order valence-electron chi connectivity index (χ4n) is 5.56. The van der Waals surface area contributed by atoms with Gasteiger partial charge in [-0.3, -0.25) is 0 Å². The number of nitrogens with zero attached hydrogens (tertiary/aromatic N) is 4. The van der Waals surface area contributed by atoms with Crippen molar-refractivity contribution in [3.63, 3.8) is 0 Å². The molecule has 1 amide bonds. The zero-order valence-electron chi connectivity index (χ0n) is 24.5. The standard InChI is InChI=1S/C29H41N7O3S/c1-15(2)38-22-14-36(13-21(22)35-28(37)39-29(5,6)7)27-31-12-18-11-19(8-9-20(18)34-27)33-26-24(30)23-16(3)10-17(4)32-25(23)40-26/h10,12,15,19,21-22,33H,8-9,11,13-14,30H2,1-7H3,(H,35,37)/t19-,21+,22+/m1/s1. The molecule has 1 saturated heterocycles. The lowest BCUT2D eigenvalue weighted by atomic mass is 9.93. The van der Waals surface area contributed by atoms with E-state index in [1.54, 1.807) is 11.3 Å². The lowest BCUT2D eigenvalue weighted by molar-refractivity contribution is 0.000666. The molecule has 1 aliphatic carbocycles. The lowest BCUT2D eigenvalue weighted by Crippen LogP contribution is -2.46. The number of nitrogens with one attached hydrogen (secondary N) is 2. The maximum Gasteiger partial charge on any atom is 0.408 e. The van der Waals surface area contributed by atoms with E-state index in [9.17, 15) is 4.79 Å². The van der Waals surface area contributed by atoms with Crippen molar-refractivity contribution in [2.75, 3.05) is 29.0 Å². The van der Waals surface area contributed by atoms with Gasteiger partial charge < -0.3 is 30.7 Å². The smallest absolute Gasteiger partial charge is 0.408 e. The average molecular weight is 568 g/mol. The highest BCUT2D eigenvalue weighted by Gasteiger charge is 2.38. The topological polar surface area (TPSA) is 128 Å². The minimum Gasteiger partial charge on any atom is -0.444 e. The van der Waals surface area contributed by atoms with E-state index in [-0.39, 0.29) is 24.3 Å². The molecule has 0 spiro atoms. The Bertz CT molecular complexity index is 1400. The van der Waals surface area contributed by atoms with E-state index in [1.165, 1.54) is 0 Å². The Morgan fingerprint density at radius 3 is 2.73 bits per heavy atom. The lowest BCUT2D eigenvalue weighted by Gasteiger charge is -2.26. The van der Waals surface area contributed by atoms with Crippen LogP contribution in [0.1, 0.15) is 63.6 Å². The van der Waals surface area contributed by atoms with Gasteiger partial charge in [-0.05, 0) is 84.9 Å². The molecule has 0 radical (unpaired) electrons. The molecule has 0 unspecified atom stereocenters. The van der Waals surface area contributed by atoms with E-state index in [0.717, 1.165) is 62.7 Å². The number of hydrogen-bond donors (Lipinski definition) is 3. The number of anilines is 3. The summed E-state index contributed by atoms with van der Waals surface area (Å²) in [5, 5.41) is 8.71. The van der Waals surface area contributed by atoms with Gasteiger partial charge >= 0.3 is 6.09 Å². The van der Waals surface area contributed by atoms with Gasteiger partial charge in [-0.2, -0.15) is 0 Å². The Kier molecular flexibility index (Phi) is 7.80. The molecule has 3 aromatic rings. The maximum atomic E-state index is 12.5. The number of carbonyl (C=O) groups is 1. The molecule has 1 fully saturated rings. The average Bonchev–Trinajstić information content (AvgIpc) is 3.37. The van der Waals surface area contributed by atoms with Crippen LogP contribution in [0.4, 0.5) is 21.4 Å². The van der Waals surface area contributed by atoms with Crippen LogP contribution in [-0.2, 0) is 22.3 Å². The van der Waals surface area contributed by atoms with Gasteiger partial charge in [0.15, 0.2) is 0 Å². The van der Waals surface area contributed by atoms with Crippen LogP contribution in [0.5, 0.6) is 0 Å². The quantitative estimate of drug-likeness (QED) is 0.386. The highest BCUT2D eigenvalue weighted by Crippen LogP contribution is 2.40. The largest absolute Gasteiger partial charge is 0.444 e. The minimum absolute atomic E-state index is 0.0282. The second-order valence-corrected chi connectivity index (χ2v) is 13.2. The van der Waals surface area contributed by atoms with E-state index >= 15 is 0 Å². The molecule has 4 heterocycles. The highest BCUT2D eigenvalue weighted by molar-refractivity contribution is 7.23. The number of carbonyl (C=O) groups excluding carboxylic acids is 1. The summed E-state index contributed by atoms with van der Waals surface area (Å²) in [7, 11) is 0. The number of pyridine rings is 1. The van der Waals surface area contributed by atoms with Gasteiger partial charge in [0, 0.05) is 42.1 Å². The molecule has 40 heavy (non-hydrogen) atoms. The van der Waals surface area contributed by atoms with Crippen molar-refractivity contribution in [3.8, 4) is 0 Å². The van der Waals surface area contributed by atoms with E-state index < -0.39 is 11.7 Å². The number of rotatable bonds is 6. The van der Waals surface area contributed by atoms with Crippen LogP contribution >= 0.6 is 11.3 Å². The van der Waals surface area contributed by atoms with Crippen LogP contribution < -0.4 is 21.3 Å². The number of ether oxygens (including phenoxy) is 2. The van der Waals surface area contributed by atoms with E-state index in [4.69, 9.17) is 25.2 Å². The fraction of sp³-hybridized carbons (Fsp3) is 0.586. The molecule has 0 aromatic carbocycles. The molecule has 216 valence electrons. The second kappa shape index (κ2) is 11.0. The minimum atomic E-state index is -0.567. The van der Waals surface area contributed by atoms with Crippen molar-refractivity contribution in [2.24, 2.45) is 0 Å². The number of fused-ring (bicyclic) bond motifs is 2. The fourth-order valence-corrected chi connectivity index (χ4v) is 6.75. The number of aryl methyl sites for hydroxylation is 3. The van der Waals surface area contributed by atoms with Gasteiger partial charge in [-0.25, -0.2) is 19.7 Å². The molecular formula is C29H41N7O3S. The van der Waals surface area contributed by atoms with Crippen molar-refractivity contribution in [1.29, 1.82) is 0 Å². The Hall–Kier alpha value is -3.18. The molecular weight excluding hydrogens is 526 g/mol. The summed E-state index contributed by atoms with van der Waals surface area (Å²) >= 11 is 1.62. The molecule has 3 aromatic heterocycles. The van der Waals surface area contributed by atoms with Gasteiger partial charge in [-0.1, -0.05) is 11.3 Å². The van der Waals surface area contributed by atoms with Crippen LogP contribution in [0.2, 0.25) is 0 Å². The van der Waals surface area contributed by atoms with Crippen molar-refractivity contribution in [2.45, 2.75) is 97.6 Å². The van der Waals surface area contributed by atoms with E-state index in [0.29, 0.717) is 19.0 Å². The summed E-state index contributed by atoms with van der Waals surface area (Å²) in [6.07, 6.45) is 3.98. The third-order valence-corrected chi connectivity index (χ3v) is 8.23. The first-order chi connectivity index (χ1) is 18.9. The molecule has 10 nitrogen and oxygen atoms in total. The third-order valence-electron chi connectivity index (χ3n) is 7.19. The first kappa shape index (κ1) is 28.4. The number of amides is 1. The number of nitrogen functional groups attached to an aromatic ring is 1. The molecule has 4 N–H and O–H groups in total.